The minimum absolute atomic E-state index is 0.205. The van der Waals surface area contributed by atoms with Gasteiger partial charge in [-0.25, -0.2) is 0 Å². The number of benzene rings is 1. The van der Waals surface area contributed by atoms with E-state index in [1.165, 1.54) is 12.8 Å². The summed E-state index contributed by atoms with van der Waals surface area (Å²) in [5.41, 5.74) is 6.39. The van der Waals surface area contributed by atoms with E-state index in [9.17, 15) is 4.79 Å². The third-order valence-electron chi connectivity index (χ3n) is 3.12. The van der Waals surface area contributed by atoms with Crippen molar-refractivity contribution in [1.82, 2.24) is 0 Å². The van der Waals surface area contributed by atoms with Gasteiger partial charge in [-0.05, 0) is 18.4 Å². The van der Waals surface area contributed by atoms with Crippen molar-refractivity contribution in [1.29, 1.82) is 0 Å². The van der Waals surface area contributed by atoms with Crippen molar-refractivity contribution < 1.29 is 9.53 Å². The molecule has 1 aromatic rings. The second-order valence-corrected chi connectivity index (χ2v) is 4.38. The highest BCUT2D eigenvalue weighted by Gasteiger charge is 2.30. The second-order valence-electron chi connectivity index (χ2n) is 4.38. The number of ether oxygens (including phenoxy) is 1. The van der Waals surface area contributed by atoms with Crippen molar-refractivity contribution in [3.05, 3.63) is 29.8 Å². The van der Waals surface area contributed by atoms with Crippen molar-refractivity contribution in [2.75, 3.05) is 7.11 Å². The van der Waals surface area contributed by atoms with Crippen molar-refractivity contribution >= 4 is 5.91 Å². The van der Waals surface area contributed by atoms with E-state index in [0.717, 1.165) is 17.7 Å². The van der Waals surface area contributed by atoms with Crippen molar-refractivity contribution in [2.24, 2.45) is 11.7 Å². The predicted molar refractivity (Wildman–Crippen MR) is 62.3 cm³/mol. The van der Waals surface area contributed by atoms with Crippen LogP contribution in [0.4, 0.5) is 0 Å². The van der Waals surface area contributed by atoms with Crippen LogP contribution < -0.4 is 10.5 Å². The molecule has 1 unspecified atom stereocenters. The molecular formula is C13H17NO2. The lowest BCUT2D eigenvalue weighted by Crippen LogP contribution is -2.22. The van der Waals surface area contributed by atoms with Crippen LogP contribution in [0.2, 0.25) is 0 Å². The van der Waals surface area contributed by atoms with Gasteiger partial charge in [0.2, 0.25) is 5.91 Å². The average molecular weight is 219 g/mol. The zero-order valence-electron chi connectivity index (χ0n) is 9.48. The summed E-state index contributed by atoms with van der Waals surface area (Å²) in [7, 11) is 1.62. The van der Waals surface area contributed by atoms with Gasteiger partial charge in [0.05, 0.1) is 13.0 Å². The van der Waals surface area contributed by atoms with Gasteiger partial charge in [-0.3, -0.25) is 4.79 Å². The van der Waals surface area contributed by atoms with Gasteiger partial charge in [0.15, 0.2) is 0 Å². The molecule has 0 aliphatic heterocycles. The second kappa shape index (κ2) is 4.56. The van der Waals surface area contributed by atoms with Gasteiger partial charge >= 0.3 is 0 Å². The smallest absolute Gasteiger partial charge is 0.225 e. The van der Waals surface area contributed by atoms with Crippen LogP contribution in [0, 0.1) is 5.92 Å². The number of para-hydroxylation sites is 1. The van der Waals surface area contributed by atoms with Crippen LogP contribution in [0.25, 0.3) is 0 Å². The Morgan fingerprint density at radius 2 is 2.19 bits per heavy atom. The average Bonchev–Trinajstić information content (AvgIpc) is 3.09. The van der Waals surface area contributed by atoms with E-state index >= 15 is 0 Å². The van der Waals surface area contributed by atoms with Crippen LogP contribution in [0.15, 0.2) is 24.3 Å². The molecule has 2 rings (SSSR count). The van der Waals surface area contributed by atoms with Crippen LogP contribution >= 0.6 is 0 Å². The molecule has 1 amide bonds. The van der Waals surface area contributed by atoms with Crippen molar-refractivity contribution in [3.8, 4) is 5.75 Å². The fourth-order valence-corrected chi connectivity index (χ4v) is 2.04. The number of amides is 1. The zero-order chi connectivity index (χ0) is 11.5. The first kappa shape index (κ1) is 11.0. The molecule has 0 saturated heterocycles. The van der Waals surface area contributed by atoms with Gasteiger partial charge in [0.25, 0.3) is 0 Å². The van der Waals surface area contributed by atoms with Gasteiger partial charge in [-0.15, -0.1) is 0 Å². The summed E-state index contributed by atoms with van der Waals surface area (Å²) < 4.78 is 5.27. The number of hydrogen-bond acceptors (Lipinski definition) is 2. The minimum atomic E-state index is -0.253. The summed E-state index contributed by atoms with van der Waals surface area (Å²) in [6.07, 6.45) is 3.30. The van der Waals surface area contributed by atoms with Crippen LogP contribution in [-0.4, -0.2) is 13.0 Å². The SMILES string of the molecule is COc1ccccc1C(CC1CC1)C(N)=O. The molecule has 1 aliphatic rings. The first-order valence-electron chi connectivity index (χ1n) is 5.64. The third kappa shape index (κ3) is 2.35. The molecule has 1 aliphatic carbocycles. The lowest BCUT2D eigenvalue weighted by Gasteiger charge is -2.16. The summed E-state index contributed by atoms with van der Waals surface area (Å²) >= 11 is 0. The first-order valence-corrected chi connectivity index (χ1v) is 5.64. The highest BCUT2D eigenvalue weighted by molar-refractivity contribution is 5.82. The summed E-state index contributed by atoms with van der Waals surface area (Å²) in [5.74, 6) is 0.967. The highest BCUT2D eigenvalue weighted by atomic mass is 16.5. The Balaban J connectivity index is 2.25. The summed E-state index contributed by atoms with van der Waals surface area (Å²) in [5, 5.41) is 0. The summed E-state index contributed by atoms with van der Waals surface area (Å²) in [6.45, 7) is 0. The molecule has 0 radical (unpaired) electrons. The fraction of sp³-hybridized carbons (Fsp3) is 0.462. The van der Waals surface area contributed by atoms with Gasteiger partial charge in [0, 0.05) is 5.56 Å². The maximum atomic E-state index is 11.5. The van der Waals surface area contributed by atoms with E-state index in [4.69, 9.17) is 10.5 Å². The molecule has 1 aromatic carbocycles. The quantitative estimate of drug-likeness (QED) is 0.824. The van der Waals surface area contributed by atoms with Crippen molar-refractivity contribution in [2.45, 2.75) is 25.2 Å². The van der Waals surface area contributed by atoms with E-state index in [0.29, 0.717) is 5.92 Å². The maximum Gasteiger partial charge on any atom is 0.225 e. The number of methoxy groups -OCH3 is 1. The Hall–Kier alpha value is -1.51. The molecule has 1 atom stereocenters. The summed E-state index contributed by atoms with van der Waals surface area (Å²) in [4.78, 5) is 11.5. The summed E-state index contributed by atoms with van der Waals surface area (Å²) in [6, 6.07) is 7.62. The molecular weight excluding hydrogens is 202 g/mol. The lowest BCUT2D eigenvalue weighted by atomic mass is 9.92. The molecule has 3 heteroatoms. The van der Waals surface area contributed by atoms with E-state index in [1.54, 1.807) is 7.11 Å². The molecule has 1 fully saturated rings. The Morgan fingerprint density at radius 1 is 1.50 bits per heavy atom. The molecule has 0 spiro atoms. The number of nitrogens with two attached hydrogens (primary N) is 1. The predicted octanol–water partition coefficient (Wildman–Crippen LogP) is 2.06. The molecule has 0 aromatic heterocycles. The van der Waals surface area contributed by atoms with Gasteiger partial charge in [0.1, 0.15) is 5.75 Å². The largest absolute Gasteiger partial charge is 0.496 e. The Labute approximate surface area is 95.6 Å². The zero-order valence-corrected chi connectivity index (χ0v) is 9.48. The highest BCUT2D eigenvalue weighted by Crippen LogP contribution is 2.40. The lowest BCUT2D eigenvalue weighted by molar-refractivity contribution is -0.119. The Bertz CT molecular complexity index is 385. The Morgan fingerprint density at radius 3 is 2.75 bits per heavy atom. The minimum Gasteiger partial charge on any atom is -0.496 e. The number of carbonyl (C=O) groups excluding carboxylic acids is 1. The van der Waals surface area contributed by atoms with Gasteiger partial charge in [-0.2, -0.15) is 0 Å². The molecule has 0 bridgehead atoms. The number of rotatable bonds is 5. The van der Waals surface area contributed by atoms with E-state index < -0.39 is 0 Å². The third-order valence-corrected chi connectivity index (χ3v) is 3.12. The van der Waals surface area contributed by atoms with Gasteiger partial charge in [-0.1, -0.05) is 31.0 Å². The van der Waals surface area contributed by atoms with E-state index in [2.05, 4.69) is 0 Å². The standard InChI is InChI=1S/C13H17NO2/c1-16-12-5-3-2-4-10(12)11(13(14)15)8-9-6-7-9/h2-5,9,11H,6-8H2,1H3,(H2,14,15). The molecule has 3 nitrogen and oxygen atoms in total. The van der Waals surface area contributed by atoms with Crippen molar-refractivity contribution in [3.63, 3.8) is 0 Å². The fourth-order valence-electron chi connectivity index (χ4n) is 2.04. The van der Waals surface area contributed by atoms with Crippen LogP contribution in [0.3, 0.4) is 0 Å². The molecule has 2 N–H and O–H groups in total. The van der Waals surface area contributed by atoms with E-state index in [1.807, 2.05) is 24.3 Å². The molecule has 86 valence electrons. The number of primary amides is 1. The maximum absolute atomic E-state index is 11.5. The molecule has 1 saturated carbocycles. The van der Waals surface area contributed by atoms with Crippen LogP contribution in [0.1, 0.15) is 30.7 Å². The van der Waals surface area contributed by atoms with Crippen LogP contribution in [0.5, 0.6) is 5.75 Å². The topological polar surface area (TPSA) is 52.3 Å². The van der Waals surface area contributed by atoms with Crippen LogP contribution in [-0.2, 0) is 4.79 Å². The van der Waals surface area contributed by atoms with Gasteiger partial charge < -0.3 is 10.5 Å². The molecule has 16 heavy (non-hydrogen) atoms. The molecule has 0 heterocycles. The first-order chi connectivity index (χ1) is 7.72. The number of hydrogen-bond donors (Lipinski definition) is 1. The van der Waals surface area contributed by atoms with E-state index in [-0.39, 0.29) is 11.8 Å². The Kier molecular flexibility index (Phi) is 3.13. The normalized spacial score (nSPS) is 16.8. The number of carbonyl (C=O) groups is 1. The monoisotopic (exact) mass is 219 g/mol.